The summed E-state index contributed by atoms with van der Waals surface area (Å²) in [7, 11) is 1.68. The summed E-state index contributed by atoms with van der Waals surface area (Å²) in [6, 6.07) is 20.3. The molecular formula is C23H24ClN3O3S. The zero-order chi connectivity index (χ0) is 22.6. The molecule has 8 heteroatoms. The van der Waals surface area contributed by atoms with Crippen molar-refractivity contribution < 1.29 is 13.2 Å². The Kier molecular flexibility index (Phi) is 6.87. The summed E-state index contributed by atoms with van der Waals surface area (Å²) in [5, 5.41) is 3.34. The number of amides is 1. The third-order valence-corrected chi connectivity index (χ3v) is 6.92. The number of carbonyl (C=O) groups excluding carboxylic acids is 1. The molecule has 0 saturated carbocycles. The number of sulfonamides is 1. The number of halogens is 1. The van der Waals surface area contributed by atoms with Gasteiger partial charge in [0.25, 0.3) is 15.9 Å². The molecule has 0 aliphatic carbocycles. The molecule has 0 fully saturated rings. The maximum Gasteiger partial charge on any atom is 0.264 e. The summed E-state index contributed by atoms with van der Waals surface area (Å²) in [4.78, 5) is 14.6. The van der Waals surface area contributed by atoms with Crippen molar-refractivity contribution in [2.45, 2.75) is 11.4 Å². The van der Waals surface area contributed by atoms with E-state index in [4.69, 9.17) is 11.6 Å². The third kappa shape index (κ3) is 5.37. The van der Waals surface area contributed by atoms with Crippen molar-refractivity contribution in [1.82, 2.24) is 5.32 Å². The normalized spacial score (nSPS) is 11.1. The molecule has 6 nitrogen and oxygen atoms in total. The van der Waals surface area contributed by atoms with E-state index in [2.05, 4.69) is 5.32 Å². The highest BCUT2D eigenvalue weighted by Crippen LogP contribution is 2.23. The first-order valence-corrected chi connectivity index (χ1v) is 11.4. The molecule has 0 heterocycles. The van der Waals surface area contributed by atoms with Gasteiger partial charge in [0.05, 0.1) is 10.6 Å². The van der Waals surface area contributed by atoms with Gasteiger partial charge in [-0.3, -0.25) is 9.10 Å². The Morgan fingerprint density at radius 3 is 1.94 bits per heavy atom. The molecule has 0 aliphatic rings. The number of carbonyl (C=O) groups is 1. The lowest BCUT2D eigenvalue weighted by Gasteiger charge is -2.20. The molecule has 0 aliphatic heterocycles. The zero-order valence-electron chi connectivity index (χ0n) is 17.5. The molecule has 31 heavy (non-hydrogen) atoms. The number of hydrogen-bond donors (Lipinski definition) is 1. The van der Waals surface area contributed by atoms with E-state index < -0.39 is 10.0 Å². The van der Waals surface area contributed by atoms with Crippen LogP contribution in [-0.4, -0.2) is 35.5 Å². The number of nitrogens with one attached hydrogen (secondary N) is 1. The lowest BCUT2D eigenvalue weighted by Crippen LogP contribution is -2.27. The highest BCUT2D eigenvalue weighted by Gasteiger charge is 2.21. The highest BCUT2D eigenvalue weighted by molar-refractivity contribution is 7.92. The second kappa shape index (κ2) is 9.41. The molecule has 0 atom stereocenters. The number of anilines is 2. The summed E-state index contributed by atoms with van der Waals surface area (Å²) in [6.45, 7) is 0.402. The molecule has 0 aromatic heterocycles. The Labute approximate surface area is 188 Å². The molecule has 0 unspecified atom stereocenters. The van der Waals surface area contributed by atoms with Crippen LogP contribution in [0.15, 0.2) is 77.7 Å². The van der Waals surface area contributed by atoms with E-state index in [0.717, 1.165) is 11.3 Å². The maximum absolute atomic E-state index is 12.8. The average Bonchev–Trinajstić information content (AvgIpc) is 2.77. The van der Waals surface area contributed by atoms with E-state index in [0.29, 0.717) is 22.8 Å². The van der Waals surface area contributed by atoms with Crippen LogP contribution < -0.4 is 14.5 Å². The minimum absolute atomic E-state index is 0.140. The molecule has 0 radical (unpaired) electrons. The topological polar surface area (TPSA) is 69.7 Å². The van der Waals surface area contributed by atoms with E-state index in [1.165, 1.54) is 35.6 Å². The second-order valence-electron chi connectivity index (χ2n) is 7.22. The number of hydrogen-bond acceptors (Lipinski definition) is 4. The summed E-state index contributed by atoms with van der Waals surface area (Å²) in [5.74, 6) is -0.230. The van der Waals surface area contributed by atoms with Crippen LogP contribution in [0.5, 0.6) is 0 Å². The van der Waals surface area contributed by atoms with Gasteiger partial charge in [-0.2, -0.15) is 0 Å². The fourth-order valence-electron chi connectivity index (χ4n) is 2.92. The predicted molar refractivity (Wildman–Crippen MR) is 125 cm³/mol. The van der Waals surface area contributed by atoms with Gasteiger partial charge in [-0.15, -0.1) is 0 Å². The lowest BCUT2D eigenvalue weighted by atomic mass is 10.1. The highest BCUT2D eigenvalue weighted by atomic mass is 35.5. The standard InChI is InChI=1S/C23H24ClN3O3S/c1-26(2)20-10-4-17(5-11-20)16-25-23(28)18-6-12-21(13-7-18)27(3)31(29,30)22-14-8-19(24)9-15-22/h4-15H,16H2,1-3H3,(H,25,28). The fourth-order valence-corrected chi connectivity index (χ4v) is 4.24. The first kappa shape index (κ1) is 22.7. The minimum Gasteiger partial charge on any atom is -0.378 e. The monoisotopic (exact) mass is 457 g/mol. The van der Waals surface area contributed by atoms with Gasteiger partial charge in [-0.1, -0.05) is 23.7 Å². The molecule has 3 aromatic carbocycles. The Morgan fingerprint density at radius 2 is 1.39 bits per heavy atom. The average molecular weight is 458 g/mol. The molecule has 3 rings (SSSR count). The van der Waals surface area contributed by atoms with Crippen molar-refractivity contribution in [3.05, 3.63) is 88.9 Å². The van der Waals surface area contributed by atoms with Crippen molar-refractivity contribution in [2.24, 2.45) is 0 Å². The van der Waals surface area contributed by atoms with Gasteiger partial charge in [-0.05, 0) is 66.2 Å². The van der Waals surface area contributed by atoms with Crippen molar-refractivity contribution in [1.29, 1.82) is 0 Å². The first-order valence-electron chi connectivity index (χ1n) is 9.57. The van der Waals surface area contributed by atoms with Gasteiger partial charge in [0.15, 0.2) is 0 Å². The van der Waals surface area contributed by atoms with Gasteiger partial charge in [0, 0.05) is 44.0 Å². The van der Waals surface area contributed by atoms with Crippen molar-refractivity contribution >= 4 is 38.9 Å². The Morgan fingerprint density at radius 1 is 0.839 bits per heavy atom. The van der Waals surface area contributed by atoms with Crippen LogP contribution in [0.1, 0.15) is 15.9 Å². The van der Waals surface area contributed by atoms with Crippen LogP contribution in [0, 0.1) is 0 Å². The summed E-state index contributed by atoms with van der Waals surface area (Å²) in [6.07, 6.45) is 0. The van der Waals surface area contributed by atoms with Gasteiger partial charge in [0.1, 0.15) is 0 Å². The van der Waals surface area contributed by atoms with Crippen LogP contribution in [0.3, 0.4) is 0 Å². The largest absolute Gasteiger partial charge is 0.378 e. The van der Waals surface area contributed by atoms with E-state index in [9.17, 15) is 13.2 Å². The Balaban J connectivity index is 1.66. The van der Waals surface area contributed by atoms with E-state index in [1.807, 2.05) is 43.3 Å². The molecule has 1 N–H and O–H groups in total. The van der Waals surface area contributed by atoms with Crippen molar-refractivity contribution in [2.75, 3.05) is 30.3 Å². The molecule has 3 aromatic rings. The summed E-state index contributed by atoms with van der Waals surface area (Å²) < 4.78 is 26.7. The number of benzene rings is 3. The third-order valence-electron chi connectivity index (χ3n) is 4.87. The molecule has 0 bridgehead atoms. The van der Waals surface area contributed by atoms with Crippen molar-refractivity contribution in [3.63, 3.8) is 0 Å². The van der Waals surface area contributed by atoms with E-state index in [1.54, 1.807) is 24.3 Å². The first-order chi connectivity index (χ1) is 14.7. The summed E-state index contributed by atoms with van der Waals surface area (Å²) >= 11 is 5.84. The van der Waals surface area contributed by atoms with Crippen LogP contribution in [0.2, 0.25) is 5.02 Å². The zero-order valence-corrected chi connectivity index (χ0v) is 19.1. The molecule has 0 spiro atoms. The quantitative estimate of drug-likeness (QED) is 0.578. The minimum atomic E-state index is -3.73. The molecular weight excluding hydrogens is 434 g/mol. The number of nitrogens with zero attached hydrogens (tertiary/aromatic N) is 2. The van der Waals surface area contributed by atoms with Gasteiger partial charge >= 0.3 is 0 Å². The SMILES string of the molecule is CN(C)c1ccc(CNC(=O)c2ccc(N(C)S(=O)(=O)c3ccc(Cl)cc3)cc2)cc1. The predicted octanol–water partition coefficient (Wildman–Crippen LogP) is 4.16. The molecule has 162 valence electrons. The second-order valence-corrected chi connectivity index (χ2v) is 9.62. The van der Waals surface area contributed by atoms with Crippen LogP contribution in [-0.2, 0) is 16.6 Å². The van der Waals surface area contributed by atoms with E-state index in [-0.39, 0.29) is 10.8 Å². The van der Waals surface area contributed by atoms with E-state index >= 15 is 0 Å². The Hall–Kier alpha value is -3.03. The van der Waals surface area contributed by atoms with Crippen LogP contribution in [0.4, 0.5) is 11.4 Å². The van der Waals surface area contributed by atoms with Crippen LogP contribution in [0.25, 0.3) is 0 Å². The Bertz CT molecular complexity index is 1140. The smallest absolute Gasteiger partial charge is 0.264 e. The maximum atomic E-state index is 12.8. The van der Waals surface area contributed by atoms with Gasteiger partial charge in [-0.25, -0.2) is 8.42 Å². The fraction of sp³-hybridized carbons (Fsp3) is 0.174. The van der Waals surface area contributed by atoms with Gasteiger partial charge < -0.3 is 10.2 Å². The van der Waals surface area contributed by atoms with Crippen LogP contribution >= 0.6 is 11.6 Å². The van der Waals surface area contributed by atoms with Crippen molar-refractivity contribution in [3.8, 4) is 0 Å². The van der Waals surface area contributed by atoms with Gasteiger partial charge in [0.2, 0.25) is 0 Å². The summed E-state index contributed by atoms with van der Waals surface area (Å²) in [5.41, 5.74) is 2.98. The lowest BCUT2D eigenvalue weighted by molar-refractivity contribution is 0.0951. The molecule has 0 saturated heterocycles. The molecule has 1 amide bonds. The number of rotatable bonds is 7.